The van der Waals surface area contributed by atoms with Crippen molar-refractivity contribution in [2.75, 3.05) is 0 Å². The minimum atomic E-state index is -0.946. The number of carboxylic acid groups (broad SMARTS) is 1. The lowest BCUT2D eigenvalue weighted by Crippen LogP contribution is -2.00. The first-order valence-corrected chi connectivity index (χ1v) is 6.41. The fourth-order valence-corrected chi connectivity index (χ4v) is 1.95. The van der Waals surface area contributed by atoms with E-state index >= 15 is 0 Å². The number of nitrogens with two attached hydrogens (primary N) is 1. The van der Waals surface area contributed by atoms with Gasteiger partial charge in [0.2, 0.25) is 0 Å². The van der Waals surface area contributed by atoms with Crippen LogP contribution >= 0.6 is 11.6 Å². The highest BCUT2D eigenvalue weighted by molar-refractivity contribution is 6.32. The summed E-state index contributed by atoms with van der Waals surface area (Å²) in [5, 5.41) is 9.32. The zero-order chi connectivity index (χ0) is 14.5. The first-order chi connectivity index (χ1) is 9.60. The predicted molar refractivity (Wildman–Crippen MR) is 77.1 cm³/mol. The molecule has 0 saturated carbocycles. The Kier molecular flexibility index (Phi) is 4.61. The Labute approximate surface area is 121 Å². The molecule has 0 aliphatic carbocycles. The molecule has 104 valence electrons. The Hall–Kier alpha value is -2.04. The van der Waals surface area contributed by atoms with Crippen LogP contribution in [0.2, 0.25) is 5.02 Å². The standard InChI is InChI=1S/C15H14ClNO3/c16-13-7-11(8-17)3-6-14(13)20-9-10-1-4-12(5-2-10)15(18)19/h1-7H,8-9,17H2,(H,18,19). The monoisotopic (exact) mass is 291 g/mol. The largest absolute Gasteiger partial charge is 0.487 e. The number of aromatic carboxylic acids is 1. The summed E-state index contributed by atoms with van der Waals surface area (Å²) in [5.41, 5.74) is 7.58. The first kappa shape index (κ1) is 14.4. The van der Waals surface area contributed by atoms with Gasteiger partial charge in [0.25, 0.3) is 0 Å². The lowest BCUT2D eigenvalue weighted by Gasteiger charge is -2.09. The van der Waals surface area contributed by atoms with E-state index in [1.807, 2.05) is 6.07 Å². The molecular weight excluding hydrogens is 278 g/mol. The second-order valence-corrected chi connectivity index (χ2v) is 4.67. The van der Waals surface area contributed by atoms with Crippen molar-refractivity contribution in [1.29, 1.82) is 0 Å². The quantitative estimate of drug-likeness (QED) is 0.888. The number of hydrogen-bond acceptors (Lipinski definition) is 3. The van der Waals surface area contributed by atoms with Crippen molar-refractivity contribution in [3.8, 4) is 5.75 Å². The molecule has 0 saturated heterocycles. The average molecular weight is 292 g/mol. The van der Waals surface area contributed by atoms with Crippen LogP contribution < -0.4 is 10.5 Å². The Morgan fingerprint density at radius 3 is 2.35 bits per heavy atom. The third kappa shape index (κ3) is 3.50. The van der Waals surface area contributed by atoms with Gasteiger partial charge < -0.3 is 15.6 Å². The number of ether oxygens (including phenoxy) is 1. The van der Waals surface area contributed by atoms with Crippen molar-refractivity contribution < 1.29 is 14.6 Å². The molecule has 2 aromatic carbocycles. The van der Waals surface area contributed by atoms with E-state index in [2.05, 4.69) is 0 Å². The molecular formula is C15H14ClNO3. The maximum absolute atomic E-state index is 10.7. The summed E-state index contributed by atoms with van der Waals surface area (Å²) >= 11 is 6.08. The fraction of sp³-hybridized carbons (Fsp3) is 0.133. The van der Waals surface area contributed by atoms with E-state index < -0.39 is 5.97 Å². The minimum Gasteiger partial charge on any atom is -0.487 e. The van der Waals surface area contributed by atoms with Crippen molar-refractivity contribution in [3.05, 3.63) is 64.2 Å². The van der Waals surface area contributed by atoms with Gasteiger partial charge in [-0.1, -0.05) is 29.8 Å². The third-order valence-corrected chi connectivity index (χ3v) is 3.12. The van der Waals surface area contributed by atoms with Crippen LogP contribution in [0.5, 0.6) is 5.75 Å². The maximum Gasteiger partial charge on any atom is 0.335 e. The van der Waals surface area contributed by atoms with Crippen molar-refractivity contribution in [2.45, 2.75) is 13.2 Å². The molecule has 0 unspecified atom stereocenters. The van der Waals surface area contributed by atoms with Gasteiger partial charge in [0, 0.05) is 6.54 Å². The summed E-state index contributed by atoms with van der Waals surface area (Å²) in [7, 11) is 0. The Morgan fingerprint density at radius 1 is 1.15 bits per heavy atom. The van der Waals surface area contributed by atoms with E-state index in [1.165, 1.54) is 0 Å². The molecule has 0 fully saturated rings. The predicted octanol–water partition coefficient (Wildman–Crippen LogP) is 3.08. The van der Waals surface area contributed by atoms with Crippen LogP contribution in [0.1, 0.15) is 21.5 Å². The SMILES string of the molecule is NCc1ccc(OCc2ccc(C(=O)O)cc2)c(Cl)c1. The second kappa shape index (κ2) is 6.41. The number of halogens is 1. The van der Waals surface area contributed by atoms with Crippen LogP contribution in [-0.4, -0.2) is 11.1 Å². The zero-order valence-electron chi connectivity index (χ0n) is 10.7. The van der Waals surface area contributed by atoms with Crippen LogP contribution in [0.3, 0.4) is 0 Å². The van der Waals surface area contributed by atoms with E-state index in [1.54, 1.807) is 36.4 Å². The lowest BCUT2D eigenvalue weighted by atomic mass is 10.1. The molecule has 0 amide bonds. The Balaban J connectivity index is 2.03. The number of rotatable bonds is 5. The van der Waals surface area contributed by atoms with Gasteiger partial charge in [-0.2, -0.15) is 0 Å². The molecule has 0 aliphatic rings. The Morgan fingerprint density at radius 2 is 1.80 bits per heavy atom. The molecule has 20 heavy (non-hydrogen) atoms. The molecule has 4 nitrogen and oxygen atoms in total. The van der Waals surface area contributed by atoms with Crippen LogP contribution in [0.15, 0.2) is 42.5 Å². The van der Waals surface area contributed by atoms with Gasteiger partial charge in [-0.15, -0.1) is 0 Å². The summed E-state index contributed by atoms with van der Waals surface area (Å²) < 4.78 is 5.60. The van der Waals surface area contributed by atoms with Crippen LogP contribution in [-0.2, 0) is 13.2 Å². The summed E-state index contributed by atoms with van der Waals surface area (Å²) in [6.07, 6.45) is 0. The van der Waals surface area contributed by atoms with Crippen molar-refractivity contribution in [1.82, 2.24) is 0 Å². The number of carbonyl (C=O) groups is 1. The summed E-state index contributed by atoms with van der Waals surface area (Å²) in [5.74, 6) is -0.371. The fourth-order valence-electron chi connectivity index (χ4n) is 1.69. The van der Waals surface area contributed by atoms with Gasteiger partial charge in [-0.05, 0) is 35.4 Å². The average Bonchev–Trinajstić information content (AvgIpc) is 2.46. The highest BCUT2D eigenvalue weighted by atomic mass is 35.5. The molecule has 0 aromatic heterocycles. The lowest BCUT2D eigenvalue weighted by molar-refractivity contribution is 0.0697. The highest BCUT2D eigenvalue weighted by Gasteiger charge is 2.05. The zero-order valence-corrected chi connectivity index (χ0v) is 11.4. The van der Waals surface area contributed by atoms with Gasteiger partial charge in [0.1, 0.15) is 12.4 Å². The van der Waals surface area contributed by atoms with Gasteiger partial charge in [0.05, 0.1) is 10.6 Å². The first-order valence-electron chi connectivity index (χ1n) is 6.03. The summed E-state index contributed by atoms with van der Waals surface area (Å²) in [4.78, 5) is 10.7. The van der Waals surface area contributed by atoms with E-state index in [0.717, 1.165) is 11.1 Å². The number of hydrogen-bond donors (Lipinski definition) is 2. The van der Waals surface area contributed by atoms with Gasteiger partial charge in [-0.3, -0.25) is 0 Å². The molecule has 3 N–H and O–H groups in total. The topological polar surface area (TPSA) is 72.5 Å². The number of carboxylic acids is 1. The normalized spacial score (nSPS) is 10.3. The van der Waals surface area contributed by atoms with E-state index in [9.17, 15) is 4.79 Å². The van der Waals surface area contributed by atoms with Crippen LogP contribution in [0.4, 0.5) is 0 Å². The van der Waals surface area contributed by atoms with Crippen molar-refractivity contribution in [2.24, 2.45) is 5.73 Å². The highest BCUT2D eigenvalue weighted by Crippen LogP contribution is 2.26. The second-order valence-electron chi connectivity index (χ2n) is 4.26. The molecule has 0 spiro atoms. The van der Waals surface area contributed by atoms with Crippen LogP contribution in [0, 0.1) is 0 Å². The van der Waals surface area contributed by atoms with Crippen LogP contribution in [0.25, 0.3) is 0 Å². The Bertz CT molecular complexity index is 611. The molecule has 5 heteroatoms. The molecule has 0 aliphatic heterocycles. The van der Waals surface area contributed by atoms with Crippen molar-refractivity contribution in [3.63, 3.8) is 0 Å². The summed E-state index contributed by atoms with van der Waals surface area (Å²) in [6, 6.07) is 11.9. The van der Waals surface area contributed by atoms with Gasteiger partial charge in [-0.25, -0.2) is 4.79 Å². The molecule has 0 atom stereocenters. The molecule has 2 rings (SSSR count). The molecule has 0 heterocycles. The molecule has 0 radical (unpaired) electrons. The smallest absolute Gasteiger partial charge is 0.335 e. The van der Waals surface area contributed by atoms with Gasteiger partial charge in [0.15, 0.2) is 0 Å². The van der Waals surface area contributed by atoms with Crippen molar-refractivity contribution >= 4 is 17.6 Å². The van der Waals surface area contributed by atoms with Gasteiger partial charge >= 0.3 is 5.97 Å². The minimum absolute atomic E-state index is 0.249. The summed E-state index contributed by atoms with van der Waals surface area (Å²) in [6.45, 7) is 0.748. The third-order valence-electron chi connectivity index (χ3n) is 2.83. The van der Waals surface area contributed by atoms with E-state index in [-0.39, 0.29) is 5.56 Å². The molecule has 2 aromatic rings. The molecule has 0 bridgehead atoms. The number of benzene rings is 2. The van der Waals surface area contributed by atoms with E-state index in [0.29, 0.717) is 23.9 Å². The maximum atomic E-state index is 10.7. The van der Waals surface area contributed by atoms with E-state index in [4.69, 9.17) is 27.2 Å².